The van der Waals surface area contributed by atoms with Gasteiger partial charge in [-0.05, 0) is 62.2 Å². The number of aromatic nitrogens is 2. The Morgan fingerprint density at radius 3 is 2.75 bits per heavy atom. The highest BCUT2D eigenvalue weighted by molar-refractivity contribution is 7.99. The summed E-state index contributed by atoms with van der Waals surface area (Å²) in [6.07, 6.45) is 4.37. The molecule has 0 aliphatic carbocycles. The molecule has 4 heterocycles. The van der Waals surface area contributed by atoms with Crippen LogP contribution in [-0.4, -0.2) is 48.1 Å². The molecule has 2 aromatic carbocycles. The highest BCUT2D eigenvalue weighted by Gasteiger charge is 2.28. The Kier molecular flexibility index (Phi) is 6.05. The van der Waals surface area contributed by atoms with Crippen LogP contribution in [0.2, 0.25) is 0 Å². The fraction of sp³-hybridized carbons (Fsp3) is 0.333. The van der Waals surface area contributed by atoms with Crippen LogP contribution >= 0.6 is 11.8 Å². The molecule has 0 atom stereocenters. The lowest BCUT2D eigenvalue weighted by Crippen LogP contribution is -2.38. The zero-order valence-corrected chi connectivity index (χ0v) is 21.0. The van der Waals surface area contributed by atoms with Gasteiger partial charge in [0.2, 0.25) is 5.95 Å². The maximum atomic E-state index is 15.1. The number of hydrogen-bond acceptors (Lipinski definition) is 7. The van der Waals surface area contributed by atoms with Gasteiger partial charge < -0.3 is 15.0 Å². The van der Waals surface area contributed by atoms with Crippen molar-refractivity contribution in [2.75, 3.05) is 41.9 Å². The van der Waals surface area contributed by atoms with Gasteiger partial charge in [0.25, 0.3) is 0 Å². The summed E-state index contributed by atoms with van der Waals surface area (Å²) in [6, 6.07) is 9.66. The molecule has 9 heteroatoms. The van der Waals surface area contributed by atoms with E-state index in [0.717, 1.165) is 30.1 Å². The van der Waals surface area contributed by atoms with Crippen molar-refractivity contribution < 1.29 is 13.5 Å². The molecule has 0 unspecified atom stereocenters. The molecule has 0 radical (unpaired) electrons. The molecule has 3 aromatic rings. The highest BCUT2D eigenvalue weighted by Crippen LogP contribution is 2.44. The summed E-state index contributed by atoms with van der Waals surface area (Å²) in [5.41, 5.74) is 4.56. The number of anilines is 3. The van der Waals surface area contributed by atoms with Gasteiger partial charge in [0.1, 0.15) is 12.3 Å². The van der Waals surface area contributed by atoms with Crippen molar-refractivity contribution in [1.82, 2.24) is 15.3 Å². The molecule has 1 N–H and O–H groups in total. The Hall–Kier alpha value is -3.17. The zero-order valence-electron chi connectivity index (χ0n) is 20.2. The van der Waals surface area contributed by atoms with Gasteiger partial charge in [-0.15, -0.1) is 11.8 Å². The van der Waals surface area contributed by atoms with Crippen LogP contribution in [-0.2, 0) is 0 Å². The minimum atomic E-state index is -0.591. The molecule has 0 amide bonds. The third kappa shape index (κ3) is 4.10. The second-order valence-electron chi connectivity index (χ2n) is 9.38. The highest BCUT2D eigenvalue weighted by atomic mass is 32.2. The van der Waals surface area contributed by atoms with E-state index < -0.39 is 11.6 Å². The third-order valence-electron chi connectivity index (χ3n) is 6.82. The Morgan fingerprint density at radius 2 is 1.94 bits per heavy atom. The number of hydrogen-bond donors (Lipinski definition) is 1. The molecule has 1 aromatic heterocycles. The molecule has 0 bridgehead atoms. The lowest BCUT2D eigenvalue weighted by atomic mass is 10.00. The monoisotopic (exact) mass is 507 g/mol. The van der Waals surface area contributed by atoms with Gasteiger partial charge >= 0.3 is 0 Å². The summed E-state index contributed by atoms with van der Waals surface area (Å²) >= 11 is 1.69. The first-order chi connectivity index (χ1) is 17.5. The summed E-state index contributed by atoms with van der Waals surface area (Å²) < 4.78 is 35.7. The van der Waals surface area contributed by atoms with E-state index in [0.29, 0.717) is 36.2 Å². The van der Waals surface area contributed by atoms with Crippen molar-refractivity contribution in [1.29, 1.82) is 0 Å². The van der Waals surface area contributed by atoms with Crippen LogP contribution in [0.25, 0.3) is 16.8 Å². The normalized spacial score (nSPS) is 17.1. The second kappa shape index (κ2) is 9.37. The molecule has 0 saturated carbocycles. The van der Waals surface area contributed by atoms with Crippen LogP contribution in [0.5, 0.6) is 5.75 Å². The molecular formula is C27H27F2N5OS. The van der Waals surface area contributed by atoms with Gasteiger partial charge in [-0.25, -0.2) is 18.7 Å². The predicted molar refractivity (Wildman–Crippen MR) is 140 cm³/mol. The first-order valence-electron chi connectivity index (χ1n) is 12.2. The standard InChI is InChI=1S/C27H27F2N5OS/c1-16(2)33-9-10-35-26-20(28)11-19(13-23(26)33)25-21(29)14-31-27(32-25)34-15-36-24-4-3-18(12-22(24)34)17-5-7-30-8-6-17/h3-5,11-14,16,30H,6-10,15H2,1-2H3. The van der Waals surface area contributed by atoms with Crippen molar-refractivity contribution in [2.24, 2.45) is 0 Å². The van der Waals surface area contributed by atoms with Gasteiger partial charge in [-0.2, -0.15) is 0 Å². The van der Waals surface area contributed by atoms with Crippen LogP contribution in [0.4, 0.5) is 26.1 Å². The first kappa shape index (κ1) is 23.2. The van der Waals surface area contributed by atoms with Crippen LogP contribution in [0, 0.1) is 11.6 Å². The Balaban J connectivity index is 1.39. The number of nitrogens with zero attached hydrogens (tertiary/aromatic N) is 4. The van der Waals surface area contributed by atoms with Crippen LogP contribution in [0.3, 0.4) is 0 Å². The molecule has 6 nitrogen and oxygen atoms in total. The van der Waals surface area contributed by atoms with E-state index in [2.05, 4.69) is 44.5 Å². The lowest BCUT2D eigenvalue weighted by Gasteiger charge is -2.34. The second-order valence-corrected chi connectivity index (χ2v) is 10.4. The maximum absolute atomic E-state index is 15.1. The minimum absolute atomic E-state index is 0.0756. The fourth-order valence-corrected chi connectivity index (χ4v) is 5.97. The van der Waals surface area contributed by atoms with Crippen molar-refractivity contribution >= 4 is 34.7 Å². The first-order valence-corrected chi connectivity index (χ1v) is 13.2. The average molecular weight is 508 g/mol. The van der Waals surface area contributed by atoms with Gasteiger partial charge in [0.15, 0.2) is 17.4 Å². The number of fused-ring (bicyclic) bond motifs is 2. The zero-order chi connectivity index (χ0) is 24.8. The average Bonchev–Trinajstić information content (AvgIpc) is 3.32. The number of nitrogens with one attached hydrogen (secondary N) is 1. The number of halogens is 2. The third-order valence-corrected chi connectivity index (χ3v) is 7.86. The smallest absolute Gasteiger partial charge is 0.231 e. The molecule has 0 spiro atoms. The van der Waals surface area contributed by atoms with E-state index in [-0.39, 0.29) is 17.5 Å². The van der Waals surface area contributed by atoms with E-state index >= 15 is 8.78 Å². The van der Waals surface area contributed by atoms with Gasteiger partial charge in [0, 0.05) is 23.0 Å². The van der Waals surface area contributed by atoms with Crippen LogP contribution in [0.15, 0.2) is 47.5 Å². The molecule has 3 aliphatic heterocycles. The van der Waals surface area contributed by atoms with Gasteiger partial charge in [-0.3, -0.25) is 4.90 Å². The summed E-state index contributed by atoms with van der Waals surface area (Å²) in [5, 5.41) is 3.35. The van der Waals surface area contributed by atoms with E-state index in [4.69, 9.17) is 4.74 Å². The van der Waals surface area contributed by atoms with Crippen molar-refractivity contribution in [3.63, 3.8) is 0 Å². The van der Waals surface area contributed by atoms with E-state index in [1.54, 1.807) is 17.8 Å². The summed E-state index contributed by atoms with van der Waals surface area (Å²) in [6.45, 7) is 6.96. The summed E-state index contributed by atoms with van der Waals surface area (Å²) in [5.74, 6) is 0.112. The molecular weight excluding hydrogens is 480 g/mol. The Bertz CT molecular complexity index is 1360. The number of benzene rings is 2. The van der Waals surface area contributed by atoms with Crippen molar-refractivity contribution in [3.8, 4) is 17.0 Å². The number of ether oxygens (including phenoxy) is 1. The molecule has 0 saturated heterocycles. The van der Waals surface area contributed by atoms with E-state index in [1.807, 2.05) is 18.7 Å². The van der Waals surface area contributed by atoms with Crippen molar-refractivity contribution in [3.05, 3.63) is 59.8 Å². The van der Waals surface area contributed by atoms with Gasteiger partial charge in [0.05, 0.1) is 30.0 Å². The molecule has 186 valence electrons. The Labute approximate surface area is 213 Å². The Morgan fingerprint density at radius 1 is 1.08 bits per heavy atom. The van der Waals surface area contributed by atoms with Crippen LogP contribution < -0.4 is 19.9 Å². The SMILES string of the molecule is CC(C)N1CCOc2c(F)cc(-c3nc(N4CSc5ccc(C6=CCNCC6)cc54)ncc3F)cc21. The molecule has 0 fully saturated rings. The summed E-state index contributed by atoms with van der Waals surface area (Å²) in [7, 11) is 0. The number of rotatable bonds is 4. The topological polar surface area (TPSA) is 53.5 Å². The van der Waals surface area contributed by atoms with Crippen molar-refractivity contribution in [2.45, 2.75) is 31.2 Å². The minimum Gasteiger partial charge on any atom is -0.486 e. The lowest BCUT2D eigenvalue weighted by molar-refractivity contribution is 0.287. The predicted octanol–water partition coefficient (Wildman–Crippen LogP) is 5.61. The fourth-order valence-electron chi connectivity index (χ4n) is 4.97. The summed E-state index contributed by atoms with van der Waals surface area (Å²) in [4.78, 5) is 14.1. The molecule has 6 rings (SSSR count). The number of thioether (sulfide) groups is 1. The molecule has 3 aliphatic rings. The maximum Gasteiger partial charge on any atom is 0.231 e. The quantitative estimate of drug-likeness (QED) is 0.493. The van der Waals surface area contributed by atoms with Gasteiger partial charge in [-0.1, -0.05) is 12.1 Å². The molecule has 36 heavy (non-hydrogen) atoms. The van der Waals surface area contributed by atoms with E-state index in [9.17, 15) is 0 Å². The largest absolute Gasteiger partial charge is 0.486 e. The van der Waals surface area contributed by atoms with E-state index in [1.165, 1.54) is 23.4 Å². The van der Waals surface area contributed by atoms with Crippen LogP contribution in [0.1, 0.15) is 25.8 Å².